The Bertz CT molecular complexity index is 928. The van der Waals surface area contributed by atoms with Crippen LogP contribution in [0.1, 0.15) is 49.0 Å². The molecule has 0 spiro atoms. The molecule has 2 aromatic rings. The maximum absolute atomic E-state index is 12.9. The molecule has 2 fully saturated rings. The lowest BCUT2D eigenvalue weighted by atomic mass is 9.93. The molecule has 0 saturated heterocycles. The Morgan fingerprint density at radius 2 is 2.00 bits per heavy atom. The van der Waals surface area contributed by atoms with Gasteiger partial charge in [-0.3, -0.25) is 4.79 Å². The molecule has 2 saturated carbocycles. The monoisotopic (exact) mass is 428 g/mol. The zero-order valence-electron chi connectivity index (χ0n) is 16.9. The molecule has 0 radical (unpaired) electrons. The van der Waals surface area contributed by atoms with Gasteiger partial charge in [0.1, 0.15) is 7.11 Å². The van der Waals surface area contributed by atoms with Gasteiger partial charge in [0.15, 0.2) is 5.69 Å². The van der Waals surface area contributed by atoms with Gasteiger partial charge in [0, 0.05) is 10.6 Å². The van der Waals surface area contributed by atoms with Crippen LogP contribution in [0.3, 0.4) is 0 Å². The van der Waals surface area contributed by atoms with Crippen molar-refractivity contribution in [3.63, 3.8) is 0 Å². The van der Waals surface area contributed by atoms with Crippen molar-refractivity contribution in [3.05, 3.63) is 41.0 Å². The second-order valence-electron chi connectivity index (χ2n) is 7.75. The number of halogens is 1. The Hall–Kier alpha value is -2.67. The Balaban J connectivity index is 1.57. The summed E-state index contributed by atoms with van der Waals surface area (Å²) >= 11 is 6.03. The Morgan fingerprint density at radius 1 is 1.20 bits per heavy atom. The third kappa shape index (κ3) is 5.08. The molecule has 7 nitrogen and oxygen atoms in total. The van der Waals surface area contributed by atoms with Gasteiger partial charge in [-0.25, -0.2) is 0 Å². The summed E-state index contributed by atoms with van der Waals surface area (Å²) in [5.74, 6) is 0.722. The fourth-order valence-corrected chi connectivity index (χ4v) is 3.65. The van der Waals surface area contributed by atoms with Gasteiger partial charge in [-0.05, 0) is 61.8 Å². The van der Waals surface area contributed by atoms with Crippen LogP contribution >= 0.6 is 11.6 Å². The Morgan fingerprint density at radius 3 is 2.73 bits per heavy atom. The molecule has 1 aromatic heterocycles. The van der Waals surface area contributed by atoms with E-state index in [-0.39, 0.29) is 17.6 Å². The Kier molecular flexibility index (Phi) is 6.47. The van der Waals surface area contributed by atoms with Gasteiger partial charge in [0.25, 0.3) is 5.91 Å². The number of nitrogens with one attached hydrogen (secondary N) is 1. The molecule has 1 amide bonds. The predicted octanol–water partition coefficient (Wildman–Crippen LogP) is 4.26. The number of carbonyl (C=O) groups excluding carboxylic acids is 1. The minimum Gasteiger partial charge on any atom is -0.476 e. The zero-order chi connectivity index (χ0) is 20.9. The van der Waals surface area contributed by atoms with E-state index in [0.717, 1.165) is 42.5 Å². The number of carbonyl (C=O) groups is 1. The first-order valence-corrected chi connectivity index (χ1v) is 10.7. The molecular weight excluding hydrogens is 404 g/mol. The summed E-state index contributed by atoms with van der Waals surface area (Å²) in [6.45, 7) is 0.611. The number of nitrogens with zero attached hydrogens (tertiary/aromatic N) is 3. The summed E-state index contributed by atoms with van der Waals surface area (Å²) < 4.78 is 5.91. The van der Waals surface area contributed by atoms with E-state index in [1.807, 2.05) is 12.1 Å². The number of ether oxygens (including phenoxy) is 1. The molecule has 30 heavy (non-hydrogen) atoms. The quantitative estimate of drug-likeness (QED) is 0.666. The van der Waals surface area contributed by atoms with Crippen LogP contribution in [-0.4, -0.2) is 41.6 Å². The van der Waals surface area contributed by atoms with Crippen LogP contribution in [0.25, 0.3) is 11.1 Å². The molecule has 1 heterocycles. The van der Waals surface area contributed by atoms with Crippen LogP contribution in [-0.2, 0) is 4.84 Å². The number of oxime groups is 1. The van der Waals surface area contributed by atoms with E-state index in [1.165, 1.54) is 20.0 Å². The fourth-order valence-electron chi connectivity index (χ4n) is 3.53. The van der Waals surface area contributed by atoms with Gasteiger partial charge < -0.3 is 14.9 Å². The lowest BCUT2D eigenvalue weighted by molar-refractivity contribution is 0.0936. The number of rotatable bonds is 7. The van der Waals surface area contributed by atoms with Crippen molar-refractivity contribution in [1.82, 2.24) is 15.5 Å². The third-order valence-corrected chi connectivity index (χ3v) is 5.64. The standard InChI is InChI=1S/C22H25ClN4O3/c1-29-27-19-5-3-2-4-18(19)24-21(28)20-12-17(15-8-10-16(23)11-9-15)22(26-25-20)30-13-14-6-7-14/h8-12,14,18H,2-7,13H2,1H3,(H,24,28)/t18-/m0/s1. The van der Waals surface area contributed by atoms with Crippen LogP contribution in [0, 0.1) is 5.92 Å². The van der Waals surface area contributed by atoms with E-state index in [4.69, 9.17) is 21.2 Å². The zero-order valence-corrected chi connectivity index (χ0v) is 17.7. The highest BCUT2D eigenvalue weighted by Crippen LogP contribution is 2.33. The Labute approximate surface area is 180 Å². The molecular formula is C22H25ClN4O3. The highest BCUT2D eigenvalue weighted by molar-refractivity contribution is 6.30. The average Bonchev–Trinajstić information content (AvgIpc) is 3.59. The van der Waals surface area contributed by atoms with Crippen molar-refractivity contribution in [3.8, 4) is 17.0 Å². The van der Waals surface area contributed by atoms with Gasteiger partial charge in [0.05, 0.1) is 18.4 Å². The smallest absolute Gasteiger partial charge is 0.272 e. The summed E-state index contributed by atoms with van der Waals surface area (Å²) in [6, 6.07) is 8.95. The first kappa shape index (κ1) is 20.6. The maximum Gasteiger partial charge on any atom is 0.272 e. The van der Waals surface area contributed by atoms with Crippen molar-refractivity contribution in [2.45, 2.75) is 44.6 Å². The van der Waals surface area contributed by atoms with Crippen LogP contribution in [0.5, 0.6) is 5.88 Å². The lowest BCUT2D eigenvalue weighted by Crippen LogP contribution is -2.43. The minimum atomic E-state index is -0.290. The second-order valence-corrected chi connectivity index (χ2v) is 8.18. The lowest BCUT2D eigenvalue weighted by Gasteiger charge is -2.24. The highest BCUT2D eigenvalue weighted by atomic mass is 35.5. The molecule has 1 aromatic carbocycles. The SMILES string of the molecule is CON=C1CCCC[C@@H]1NC(=O)c1cc(-c2ccc(Cl)cc2)c(OCC2CC2)nn1. The van der Waals surface area contributed by atoms with E-state index in [1.54, 1.807) is 18.2 Å². The number of hydrogen-bond donors (Lipinski definition) is 1. The largest absolute Gasteiger partial charge is 0.476 e. The molecule has 1 N–H and O–H groups in total. The molecule has 0 unspecified atom stereocenters. The first-order valence-electron chi connectivity index (χ1n) is 10.3. The summed E-state index contributed by atoms with van der Waals surface area (Å²) in [7, 11) is 1.52. The van der Waals surface area contributed by atoms with E-state index >= 15 is 0 Å². The van der Waals surface area contributed by atoms with E-state index in [2.05, 4.69) is 20.7 Å². The summed E-state index contributed by atoms with van der Waals surface area (Å²) in [4.78, 5) is 17.9. The minimum absolute atomic E-state index is 0.155. The topological polar surface area (TPSA) is 85.7 Å². The van der Waals surface area contributed by atoms with Gasteiger partial charge in [-0.1, -0.05) is 35.3 Å². The van der Waals surface area contributed by atoms with Crippen molar-refractivity contribution < 1.29 is 14.4 Å². The average molecular weight is 429 g/mol. The van der Waals surface area contributed by atoms with Crippen molar-refractivity contribution in [1.29, 1.82) is 0 Å². The molecule has 4 rings (SSSR count). The van der Waals surface area contributed by atoms with E-state index in [9.17, 15) is 4.79 Å². The van der Waals surface area contributed by atoms with Gasteiger partial charge in [-0.2, -0.15) is 0 Å². The molecule has 0 aliphatic heterocycles. The number of aromatic nitrogens is 2. The summed E-state index contributed by atoms with van der Waals surface area (Å²) in [6.07, 6.45) is 6.07. The van der Waals surface area contributed by atoms with Crippen molar-refractivity contribution >= 4 is 23.2 Å². The van der Waals surface area contributed by atoms with Gasteiger partial charge in [-0.15, -0.1) is 10.2 Å². The van der Waals surface area contributed by atoms with Gasteiger partial charge in [0.2, 0.25) is 5.88 Å². The second kappa shape index (κ2) is 9.43. The summed E-state index contributed by atoms with van der Waals surface area (Å²) in [5.41, 5.74) is 2.68. The third-order valence-electron chi connectivity index (χ3n) is 5.39. The molecule has 8 heteroatoms. The van der Waals surface area contributed by atoms with Crippen LogP contribution in [0.4, 0.5) is 0 Å². The van der Waals surface area contributed by atoms with E-state index < -0.39 is 0 Å². The molecule has 0 bridgehead atoms. The normalized spacial score (nSPS) is 20.1. The first-order chi connectivity index (χ1) is 14.6. The van der Waals surface area contributed by atoms with Crippen LogP contribution < -0.4 is 10.1 Å². The number of benzene rings is 1. The molecule has 1 atom stereocenters. The van der Waals surface area contributed by atoms with Crippen molar-refractivity contribution in [2.75, 3.05) is 13.7 Å². The summed E-state index contributed by atoms with van der Waals surface area (Å²) in [5, 5.41) is 16.1. The fraction of sp³-hybridized carbons (Fsp3) is 0.455. The van der Waals surface area contributed by atoms with Gasteiger partial charge >= 0.3 is 0 Å². The molecule has 2 aliphatic carbocycles. The van der Waals surface area contributed by atoms with E-state index in [0.29, 0.717) is 23.4 Å². The maximum atomic E-state index is 12.9. The van der Waals surface area contributed by atoms with Crippen LogP contribution in [0.2, 0.25) is 5.02 Å². The highest BCUT2D eigenvalue weighted by Gasteiger charge is 2.26. The van der Waals surface area contributed by atoms with Crippen molar-refractivity contribution in [2.24, 2.45) is 11.1 Å². The number of amides is 1. The molecule has 2 aliphatic rings. The van der Waals surface area contributed by atoms with Crippen LogP contribution in [0.15, 0.2) is 35.5 Å². The number of hydrogen-bond acceptors (Lipinski definition) is 6. The predicted molar refractivity (Wildman–Crippen MR) is 115 cm³/mol. The molecule has 158 valence electrons.